The molecule has 1 aliphatic rings. The van der Waals surface area contributed by atoms with Gasteiger partial charge < -0.3 is 14.7 Å². The molecule has 2 N–H and O–H groups in total. The summed E-state index contributed by atoms with van der Waals surface area (Å²) in [6, 6.07) is 17.4. The van der Waals surface area contributed by atoms with E-state index in [0.29, 0.717) is 5.02 Å². The van der Waals surface area contributed by atoms with Gasteiger partial charge in [-0.05, 0) is 61.5 Å². The van der Waals surface area contributed by atoms with Gasteiger partial charge in [-0.25, -0.2) is 16.8 Å². The molecule has 10 nitrogen and oxygen atoms in total. The summed E-state index contributed by atoms with van der Waals surface area (Å²) in [6.45, 7) is 3.36. The summed E-state index contributed by atoms with van der Waals surface area (Å²) in [5.41, 5.74) is 0.229. The number of rotatable bonds is 9. The van der Waals surface area contributed by atoms with Gasteiger partial charge in [0.05, 0.1) is 34.5 Å². The number of anilines is 1. The monoisotopic (exact) mass is 621 g/mol. The standard InChI is InChI=1S/C28H32ClN3O7S2/c1-19-16-32(20(2)18-33)28(34)25-15-22(30-40(35,36)23-7-5-4-6-8-23)11-14-26(25)39-27(19)17-31(3)41(37,38)24-12-9-21(29)10-13-24/h4-15,19-20,27,30,33H,16-18H2,1-3H3/t19-,20+,27-/m0/s1. The molecule has 0 bridgehead atoms. The van der Waals surface area contributed by atoms with Crippen molar-refractivity contribution < 1.29 is 31.5 Å². The zero-order valence-electron chi connectivity index (χ0n) is 22.8. The molecule has 1 heterocycles. The molecule has 1 amide bonds. The first-order valence-corrected chi connectivity index (χ1v) is 16.2. The van der Waals surface area contributed by atoms with Crippen LogP contribution >= 0.6 is 11.6 Å². The van der Waals surface area contributed by atoms with Crippen LogP contribution in [0.4, 0.5) is 5.69 Å². The third-order valence-corrected chi connectivity index (χ3v) is 10.4. The maximum atomic E-state index is 13.7. The number of carbonyl (C=O) groups excluding carboxylic acids is 1. The Morgan fingerprint density at radius 1 is 1.05 bits per heavy atom. The number of halogens is 1. The van der Waals surface area contributed by atoms with Gasteiger partial charge in [-0.15, -0.1) is 0 Å². The van der Waals surface area contributed by atoms with Crippen molar-refractivity contribution >= 4 is 43.2 Å². The number of carbonyl (C=O) groups is 1. The highest BCUT2D eigenvalue weighted by Crippen LogP contribution is 2.32. The van der Waals surface area contributed by atoms with Crippen LogP contribution in [0.25, 0.3) is 0 Å². The summed E-state index contributed by atoms with van der Waals surface area (Å²) >= 11 is 5.92. The summed E-state index contributed by atoms with van der Waals surface area (Å²) in [4.78, 5) is 15.3. The SMILES string of the molecule is C[C@H](CO)N1C[C@H](C)[C@H](CN(C)S(=O)(=O)c2ccc(Cl)cc2)Oc2ccc(NS(=O)(=O)c3ccccc3)cc2C1=O. The zero-order chi connectivity index (χ0) is 29.9. The summed E-state index contributed by atoms with van der Waals surface area (Å²) < 4.78 is 62.2. The molecule has 1 aliphatic heterocycles. The fourth-order valence-electron chi connectivity index (χ4n) is 4.46. The number of nitrogens with zero attached hydrogens (tertiary/aromatic N) is 2. The lowest BCUT2D eigenvalue weighted by Gasteiger charge is -2.38. The first kappa shape index (κ1) is 30.8. The summed E-state index contributed by atoms with van der Waals surface area (Å²) in [7, 11) is -6.36. The van der Waals surface area contributed by atoms with Gasteiger partial charge >= 0.3 is 0 Å². The van der Waals surface area contributed by atoms with Crippen LogP contribution in [0.2, 0.25) is 5.02 Å². The van der Waals surface area contributed by atoms with Gasteiger partial charge in [-0.1, -0.05) is 36.7 Å². The van der Waals surface area contributed by atoms with Gasteiger partial charge in [0, 0.05) is 30.2 Å². The molecule has 0 saturated heterocycles. The van der Waals surface area contributed by atoms with E-state index in [1.807, 2.05) is 6.92 Å². The van der Waals surface area contributed by atoms with Crippen molar-refractivity contribution in [3.63, 3.8) is 0 Å². The molecular formula is C28H32ClN3O7S2. The lowest BCUT2D eigenvalue weighted by atomic mass is 9.99. The molecule has 13 heteroatoms. The van der Waals surface area contributed by atoms with E-state index in [0.717, 1.165) is 0 Å². The number of nitrogens with one attached hydrogen (secondary N) is 1. The van der Waals surface area contributed by atoms with Gasteiger partial charge in [0.25, 0.3) is 15.9 Å². The first-order valence-electron chi connectivity index (χ1n) is 12.9. The molecule has 3 atom stereocenters. The molecular weight excluding hydrogens is 590 g/mol. The van der Waals surface area contributed by atoms with Gasteiger partial charge in [0.2, 0.25) is 10.0 Å². The average molecular weight is 622 g/mol. The van der Waals surface area contributed by atoms with E-state index in [4.69, 9.17) is 16.3 Å². The van der Waals surface area contributed by atoms with E-state index in [1.54, 1.807) is 25.1 Å². The van der Waals surface area contributed by atoms with E-state index in [-0.39, 0.29) is 52.4 Å². The molecule has 41 heavy (non-hydrogen) atoms. The topological polar surface area (TPSA) is 133 Å². The maximum absolute atomic E-state index is 13.7. The lowest BCUT2D eigenvalue weighted by molar-refractivity contribution is 0.0387. The number of likely N-dealkylation sites (N-methyl/N-ethyl adjacent to an activating group) is 1. The second-order valence-corrected chi connectivity index (χ2v) is 14.2. The van der Waals surface area contributed by atoms with Crippen LogP contribution in [0.15, 0.2) is 82.6 Å². The molecule has 4 rings (SSSR count). The Morgan fingerprint density at radius 2 is 1.71 bits per heavy atom. The van der Waals surface area contributed by atoms with Crippen LogP contribution in [0.5, 0.6) is 5.75 Å². The largest absolute Gasteiger partial charge is 0.488 e. The number of aliphatic hydroxyl groups is 1. The average Bonchev–Trinajstić information content (AvgIpc) is 2.95. The second-order valence-electron chi connectivity index (χ2n) is 9.99. The van der Waals surface area contributed by atoms with Crippen LogP contribution in [0.1, 0.15) is 24.2 Å². The van der Waals surface area contributed by atoms with Crippen molar-refractivity contribution in [1.82, 2.24) is 9.21 Å². The highest BCUT2D eigenvalue weighted by molar-refractivity contribution is 7.92. The Bertz CT molecular complexity index is 1600. The number of benzene rings is 3. The number of amides is 1. The van der Waals surface area contributed by atoms with Crippen LogP contribution in [0, 0.1) is 5.92 Å². The minimum atomic E-state index is -3.93. The van der Waals surface area contributed by atoms with E-state index in [9.17, 15) is 26.7 Å². The zero-order valence-corrected chi connectivity index (χ0v) is 25.2. The Hall–Kier alpha value is -3.16. The molecule has 220 valence electrons. The Morgan fingerprint density at radius 3 is 2.34 bits per heavy atom. The molecule has 0 saturated carbocycles. The van der Waals surface area contributed by atoms with Crippen molar-refractivity contribution in [1.29, 1.82) is 0 Å². The summed E-state index contributed by atoms with van der Waals surface area (Å²) in [5, 5.41) is 10.3. The molecule has 3 aromatic rings. The van der Waals surface area contributed by atoms with Crippen LogP contribution in [-0.2, 0) is 20.0 Å². The van der Waals surface area contributed by atoms with Crippen molar-refractivity contribution in [2.45, 2.75) is 35.8 Å². The normalized spacial score (nSPS) is 18.7. The van der Waals surface area contributed by atoms with Crippen LogP contribution in [-0.4, -0.2) is 75.9 Å². The Kier molecular flexibility index (Phi) is 9.29. The minimum Gasteiger partial charge on any atom is -0.488 e. The number of aliphatic hydroxyl groups excluding tert-OH is 1. The Balaban J connectivity index is 1.68. The predicted molar refractivity (Wildman–Crippen MR) is 156 cm³/mol. The second kappa shape index (κ2) is 12.4. The van der Waals surface area contributed by atoms with Gasteiger partial charge in [-0.3, -0.25) is 9.52 Å². The fraction of sp³-hybridized carbons (Fsp3) is 0.321. The molecule has 0 aromatic heterocycles. The predicted octanol–water partition coefficient (Wildman–Crippen LogP) is 3.68. The fourth-order valence-corrected chi connectivity index (χ4v) is 6.84. The van der Waals surface area contributed by atoms with Gasteiger partial charge in [-0.2, -0.15) is 4.31 Å². The Labute approximate surface area is 245 Å². The van der Waals surface area contributed by atoms with Crippen molar-refractivity contribution in [2.24, 2.45) is 5.92 Å². The van der Waals surface area contributed by atoms with Crippen molar-refractivity contribution in [3.05, 3.63) is 83.4 Å². The minimum absolute atomic E-state index is 0.0382. The van der Waals surface area contributed by atoms with E-state index >= 15 is 0 Å². The van der Waals surface area contributed by atoms with Crippen LogP contribution in [0.3, 0.4) is 0 Å². The molecule has 0 spiro atoms. The molecule has 3 aromatic carbocycles. The molecule has 0 unspecified atom stereocenters. The number of fused-ring (bicyclic) bond motifs is 1. The van der Waals surface area contributed by atoms with Crippen molar-refractivity contribution in [2.75, 3.05) is 31.5 Å². The summed E-state index contributed by atoms with van der Waals surface area (Å²) in [5.74, 6) is -0.614. The van der Waals surface area contributed by atoms with Crippen LogP contribution < -0.4 is 9.46 Å². The number of ether oxygens (including phenoxy) is 1. The van der Waals surface area contributed by atoms with Gasteiger partial charge in [0.1, 0.15) is 11.9 Å². The van der Waals surface area contributed by atoms with E-state index < -0.39 is 38.1 Å². The highest BCUT2D eigenvalue weighted by Gasteiger charge is 2.35. The number of hydrogen-bond donors (Lipinski definition) is 2. The van der Waals surface area contributed by atoms with Gasteiger partial charge in [0.15, 0.2) is 0 Å². The quantitative estimate of drug-likeness (QED) is 0.372. The maximum Gasteiger partial charge on any atom is 0.261 e. The van der Waals surface area contributed by atoms with E-state index in [1.165, 1.54) is 70.9 Å². The number of sulfonamides is 2. The summed E-state index contributed by atoms with van der Waals surface area (Å²) in [6.07, 6.45) is -0.686. The lowest BCUT2D eigenvalue weighted by Crippen LogP contribution is -2.50. The molecule has 0 radical (unpaired) electrons. The smallest absolute Gasteiger partial charge is 0.261 e. The third-order valence-electron chi connectivity index (χ3n) is 6.93. The van der Waals surface area contributed by atoms with E-state index in [2.05, 4.69) is 4.72 Å². The number of hydrogen-bond acceptors (Lipinski definition) is 7. The van der Waals surface area contributed by atoms with Crippen molar-refractivity contribution in [3.8, 4) is 5.75 Å². The third kappa shape index (κ3) is 6.84. The highest BCUT2D eigenvalue weighted by atomic mass is 35.5. The molecule has 0 fully saturated rings. The molecule has 0 aliphatic carbocycles. The first-order chi connectivity index (χ1) is 19.3.